The van der Waals surface area contributed by atoms with Crippen molar-refractivity contribution >= 4 is 22.5 Å². The number of nitrogens with zero attached hydrogens (tertiary/aromatic N) is 2. The van der Waals surface area contributed by atoms with Crippen LogP contribution >= 0.6 is 0 Å². The average molecular weight is 310 g/mol. The number of aryl methyl sites for hydroxylation is 1. The van der Waals surface area contributed by atoms with Gasteiger partial charge in [0.1, 0.15) is 12.4 Å². The lowest BCUT2D eigenvalue weighted by atomic mass is 10.2. The highest BCUT2D eigenvalue weighted by Gasteiger charge is 2.11. The fourth-order valence-corrected chi connectivity index (χ4v) is 2.29. The van der Waals surface area contributed by atoms with Gasteiger partial charge < -0.3 is 5.32 Å². The van der Waals surface area contributed by atoms with Crippen molar-refractivity contribution in [3.05, 3.63) is 68.9 Å². The number of hydrogen-bond acceptors (Lipinski definition) is 4. The summed E-state index contributed by atoms with van der Waals surface area (Å²) in [5.74, 6) is -0.0199. The van der Waals surface area contributed by atoms with Crippen LogP contribution in [0.4, 0.5) is 5.82 Å². The maximum atomic E-state index is 12.3. The highest BCUT2D eigenvalue weighted by Crippen LogP contribution is 2.09. The Bertz CT molecular complexity index is 1000. The summed E-state index contributed by atoms with van der Waals surface area (Å²) in [6.07, 6.45) is 1.56. The molecular formula is C16H14N4O3. The van der Waals surface area contributed by atoms with Gasteiger partial charge in [0.05, 0.1) is 10.8 Å². The highest BCUT2D eigenvalue weighted by molar-refractivity contribution is 5.90. The molecule has 2 heterocycles. The molecule has 0 saturated heterocycles. The first-order valence-electron chi connectivity index (χ1n) is 6.99. The van der Waals surface area contributed by atoms with Gasteiger partial charge in [0, 0.05) is 6.20 Å². The topological polar surface area (TPSA) is 96.8 Å². The summed E-state index contributed by atoms with van der Waals surface area (Å²) in [4.78, 5) is 40.5. The number of anilines is 1. The quantitative estimate of drug-likeness (QED) is 0.755. The van der Waals surface area contributed by atoms with Crippen molar-refractivity contribution in [3.63, 3.8) is 0 Å². The largest absolute Gasteiger partial charge is 0.309 e. The van der Waals surface area contributed by atoms with E-state index < -0.39 is 17.0 Å². The smallest absolute Gasteiger partial charge is 0.273 e. The Balaban J connectivity index is 1.91. The van der Waals surface area contributed by atoms with E-state index in [4.69, 9.17) is 0 Å². The number of hydrogen-bond donors (Lipinski definition) is 2. The second kappa shape index (κ2) is 5.88. The van der Waals surface area contributed by atoms with Gasteiger partial charge in [0.25, 0.3) is 11.1 Å². The van der Waals surface area contributed by atoms with Crippen LogP contribution in [0.5, 0.6) is 0 Å². The first-order valence-corrected chi connectivity index (χ1v) is 6.99. The summed E-state index contributed by atoms with van der Waals surface area (Å²) in [6, 6.07) is 10.0. The van der Waals surface area contributed by atoms with Gasteiger partial charge in [-0.05, 0) is 30.7 Å². The predicted octanol–water partition coefficient (Wildman–Crippen LogP) is 1.03. The fraction of sp³-hybridized carbons (Fsp3) is 0.125. The number of fused-ring (bicyclic) bond motifs is 1. The summed E-state index contributed by atoms with van der Waals surface area (Å²) >= 11 is 0. The van der Waals surface area contributed by atoms with Gasteiger partial charge in [-0.1, -0.05) is 18.2 Å². The van der Waals surface area contributed by atoms with Crippen LogP contribution in [0.1, 0.15) is 5.56 Å². The van der Waals surface area contributed by atoms with Crippen LogP contribution in [0.25, 0.3) is 10.8 Å². The van der Waals surface area contributed by atoms with Crippen molar-refractivity contribution in [2.24, 2.45) is 0 Å². The molecule has 0 atom stereocenters. The number of carbonyl (C=O) groups excluding carboxylic acids is 1. The summed E-state index contributed by atoms with van der Waals surface area (Å²) in [7, 11) is 0. The van der Waals surface area contributed by atoms with Crippen LogP contribution in [-0.2, 0) is 11.3 Å². The predicted molar refractivity (Wildman–Crippen MR) is 86.4 cm³/mol. The molecule has 0 bridgehead atoms. The van der Waals surface area contributed by atoms with Gasteiger partial charge in [0.15, 0.2) is 0 Å². The fourth-order valence-electron chi connectivity index (χ4n) is 2.29. The number of pyridine rings is 1. The van der Waals surface area contributed by atoms with Gasteiger partial charge in [0.2, 0.25) is 5.91 Å². The SMILES string of the molecule is Cc1cccnc1NC(=O)Cn1[nH]c(=O)c2ccccc2c1=O. The van der Waals surface area contributed by atoms with Gasteiger partial charge in [-0.15, -0.1) is 0 Å². The maximum Gasteiger partial charge on any atom is 0.273 e. The molecule has 7 heteroatoms. The zero-order valence-electron chi connectivity index (χ0n) is 12.4. The molecule has 0 aliphatic carbocycles. The third-order valence-corrected chi connectivity index (χ3v) is 3.45. The molecule has 2 aromatic heterocycles. The number of H-pyrrole nitrogens is 1. The molecule has 3 rings (SSSR count). The molecule has 1 aromatic carbocycles. The zero-order chi connectivity index (χ0) is 16.4. The number of aromatic nitrogens is 3. The lowest BCUT2D eigenvalue weighted by molar-refractivity contribution is -0.117. The number of aromatic amines is 1. The van der Waals surface area contributed by atoms with E-state index in [0.717, 1.165) is 10.2 Å². The third-order valence-electron chi connectivity index (χ3n) is 3.45. The van der Waals surface area contributed by atoms with Crippen LogP contribution in [-0.4, -0.2) is 20.7 Å². The lowest BCUT2D eigenvalue weighted by Crippen LogP contribution is -2.34. The van der Waals surface area contributed by atoms with E-state index in [2.05, 4.69) is 15.4 Å². The summed E-state index contributed by atoms with van der Waals surface area (Å²) in [5, 5.41) is 5.62. The minimum atomic E-state index is -0.445. The number of nitrogens with one attached hydrogen (secondary N) is 2. The molecule has 0 aliphatic heterocycles. The van der Waals surface area contributed by atoms with E-state index in [0.29, 0.717) is 11.2 Å². The molecule has 0 radical (unpaired) electrons. The second-order valence-corrected chi connectivity index (χ2v) is 5.09. The number of amides is 1. The Hall–Kier alpha value is -3.22. The van der Waals surface area contributed by atoms with E-state index in [9.17, 15) is 14.4 Å². The van der Waals surface area contributed by atoms with Gasteiger partial charge in [-0.2, -0.15) is 0 Å². The van der Waals surface area contributed by atoms with Crippen LogP contribution in [0.3, 0.4) is 0 Å². The van der Waals surface area contributed by atoms with E-state index in [1.165, 1.54) is 0 Å². The van der Waals surface area contributed by atoms with Gasteiger partial charge in [-0.25, -0.2) is 9.67 Å². The number of rotatable bonds is 3. The third kappa shape index (κ3) is 2.89. The molecule has 1 amide bonds. The monoisotopic (exact) mass is 310 g/mol. The minimum absolute atomic E-state index is 0.276. The Morgan fingerprint density at radius 1 is 1.17 bits per heavy atom. The Labute approximate surface area is 130 Å². The normalized spacial score (nSPS) is 10.7. The van der Waals surface area contributed by atoms with Crippen LogP contribution in [0.2, 0.25) is 0 Å². The molecule has 23 heavy (non-hydrogen) atoms. The maximum absolute atomic E-state index is 12.3. The summed E-state index contributed by atoms with van der Waals surface area (Å²) in [6.45, 7) is 1.52. The van der Waals surface area contributed by atoms with Crippen molar-refractivity contribution in [2.75, 3.05) is 5.32 Å². The van der Waals surface area contributed by atoms with E-state index >= 15 is 0 Å². The molecule has 116 valence electrons. The Morgan fingerprint density at radius 3 is 2.65 bits per heavy atom. The molecular weight excluding hydrogens is 296 g/mol. The Morgan fingerprint density at radius 2 is 1.91 bits per heavy atom. The van der Waals surface area contributed by atoms with Crippen molar-refractivity contribution in [1.29, 1.82) is 0 Å². The molecule has 0 unspecified atom stereocenters. The average Bonchev–Trinajstić information content (AvgIpc) is 2.54. The molecule has 0 saturated carbocycles. The number of benzene rings is 1. The summed E-state index contributed by atoms with van der Waals surface area (Å²) < 4.78 is 0.998. The van der Waals surface area contributed by atoms with Crippen molar-refractivity contribution in [2.45, 2.75) is 13.5 Å². The minimum Gasteiger partial charge on any atom is -0.309 e. The highest BCUT2D eigenvalue weighted by atomic mass is 16.2. The Kier molecular flexibility index (Phi) is 3.76. The molecule has 3 aromatic rings. The van der Waals surface area contributed by atoms with Gasteiger partial charge >= 0.3 is 0 Å². The van der Waals surface area contributed by atoms with Crippen LogP contribution in [0.15, 0.2) is 52.2 Å². The molecule has 2 N–H and O–H groups in total. The molecule has 0 aliphatic rings. The van der Waals surface area contributed by atoms with Gasteiger partial charge in [-0.3, -0.25) is 19.5 Å². The first-order chi connectivity index (χ1) is 11.1. The second-order valence-electron chi connectivity index (χ2n) is 5.09. The van der Waals surface area contributed by atoms with E-state index in [-0.39, 0.29) is 11.9 Å². The van der Waals surface area contributed by atoms with E-state index in [1.54, 1.807) is 36.5 Å². The standard InChI is InChI=1S/C16H14N4O3/c1-10-5-4-8-17-14(10)18-13(21)9-20-16(23)12-7-3-2-6-11(12)15(22)19-20/h2-8H,9H2,1H3,(H,19,22)(H,17,18,21). The molecule has 0 fully saturated rings. The number of carbonyl (C=O) groups is 1. The van der Waals surface area contributed by atoms with Crippen molar-refractivity contribution in [1.82, 2.24) is 14.8 Å². The lowest BCUT2D eigenvalue weighted by Gasteiger charge is -2.09. The van der Waals surface area contributed by atoms with E-state index in [1.807, 2.05) is 13.0 Å². The first kappa shape index (κ1) is 14.7. The molecule has 0 spiro atoms. The van der Waals surface area contributed by atoms with Crippen LogP contribution in [0, 0.1) is 6.92 Å². The summed E-state index contributed by atoms with van der Waals surface area (Å²) in [5.41, 5.74) is -0.0321. The van der Waals surface area contributed by atoms with Crippen molar-refractivity contribution in [3.8, 4) is 0 Å². The zero-order valence-corrected chi connectivity index (χ0v) is 12.4. The van der Waals surface area contributed by atoms with Crippen molar-refractivity contribution < 1.29 is 4.79 Å². The van der Waals surface area contributed by atoms with Crippen LogP contribution < -0.4 is 16.4 Å². The molecule has 7 nitrogen and oxygen atoms in total.